The number of nitrogens with one attached hydrogen (secondary N) is 1. The Hall–Kier alpha value is -1.65. The summed E-state index contributed by atoms with van der Waals surface area (Å²) >= 11 is 0. The molecule has 9 nitrogen and oxygen atoms in total. The molecule has 0 aromatic carbocycles. The van der Waals surface area contributed by atoms with Crippen molar-refractivity contribution < 1.29 is 23.4 Å². The summed E-state index contributed by atoms with van der Waals surface area (Å²) in [5.41, 5.74) is 0.718. The molecule has 11 heteroatoms. The molecular weight excluding hydrogens is 422 g/mol. The van der Waals surface area contributed by atoms with Crippen LogP contribution in [-0.4, -0.2) is 70.3 Å². The predicted octanol–water partition coefficient (Wildman–Crippen LogP) is 1.93. The summed E-state index contributed by atoms with van der Waals surface area (Å²) in [4.78, 5) is 0. The van der Waals surface area contributed by atoms with E-state index < -0.39 is 0 Å². The average Bonchev–Trinajstić information content (AvgIpc) is 3.45. The molecule has 2 aliphatic heterocycles. The fourth-order valence-corrected chi connectivity index (χ4v) is 3.34. The Labute approximate surface area is 198 Å². The topological polar surface area (TPSA) is 92.7 Å². The molecule has 0 bridgehead atoms. The van der Waals surface area contributed by atoms with Crippen molar-refractivity contribution in [2.24, 2.45) is 0 Å². The minimum Gasteiger partial charge on any atom is -0.399 e. The molecule has 0 unspecified atom stereocenters. The number of aromatic nitrogens is 4. The van der Waals surface area contributed by atoms with E-state index in [4.69, 9.17) is 23.4 Å². The van der Waals surface area contributed by atoms with E-state index in [0.29, 0.717) is 0 Å². The summed E-state index contributed by atoms with van der Waals surface area (Å²) in [6, 6.07) is 0. The van der Waals surface area contributed by atoms with Gasteiger partial charge in [0.1, 0.15) is 0 Å². The van der Waals surface area contributed by atoms with Crippen molar-refractivity contribution in [2.45, 2.75) is 90.8 Å². The molecule has 4 heterocycles. The van der Waals surface area contributed by atoms with E-state index in [1.807, 2.05) is 44.8 Å². The molecule has 0 aliphatic carbocycles. The molecule has 0 saturated carbocycles. The number of methoxy groups -OCH3 is 1. The summed E-state index contributed by atoms with van der Waals surface area (Å²) in [5, 5.41) is 11.0. The zero-order chi connectivity index (χ0) is 24.5. The van der Waals surface area contributed by atoms with Crippen molar-refractivity contribution in [1.82, 2.24) is 20.0 Å². The Morgan fingerprint density at radius 1 is 0.848 bits per heavy atom. The Morgan fingerprint density at radius 2 is 1.36 bits per heavy atom. The van der Waals surface area contributed by atoms with Crippen LogP contribution in [0, 0.1) is 0 Å². The van der Waals surface area contributed by atoms with Gasteiger partial charge in [0, 0.05) is 56.0 Å². The van der Waals surface area contributed by atoms with E-state index in [-0.39, 0.29) is 36.6 Å². The summed E-state index contributed by atoms with van der Waals surface area (Å²) in [6.45, 7) is 17.9. The number of aryl methyl sites for hydroxylation is 1. The molecule has 2 fully saturated rings. The van der Waals surface area contributed by atoms with E-state index in [0.717, 1.165) is 30.5 Å². The summed E-state index contributed by atoms with van der Waals surface area (Å²) in [6.07, 6.45) is 8.26. The van der Waals surface area contributed by atoms with Gasteiger partial charge in [-0.3, -0.25) is 9.78 Å². The molecule has 2 aliphatic rings. The number of ether oxygens (including phenoxy) is 1. The monoisotopic (exact) mass is 460 g/mol. The zero-order valence-electron chi connectivity index (χ0n) is 21.5. The van der Waals surface area contributed by atoms with Gasteiger partial charge in [0.2, 0.25) is 0 Å². The number of hydrogen-bond donors (Lipinski definition) is 1. The quantitative estimate of drug-likeness (QED) is 0.521. The van der Waals surface area contributed by atoms with E-state index in [2.05, 4.69) is 43.0 Å². The second-order valence-corrected chi connectivity index (χ2v) is 10.6. The van der Waals surface area contributed by atoms with Crippen LogP contribution in [0.25, 0.3) is 0 Å². The molecule has 2 aromatic heterocycles. The first-order valence-electron chi connectivity index (χ1n) is 11.5. The average molecular weight is 460 g/mol. The van der Waals surface area contributed by atoms with Gasteiger partial charge in [-0.2, -0.15) is 10.2 Å². The van der Waals surface area contributed by atoms with Crippen molar-refractivity contribution >= 4 is 25.2 Å². The molecule has 2 aromatic rings. The smallest absolute Gasteiger partial charge is 0.399 e. The molecule has 0 radical (unpaired) electrons. The fraction of sp³-hybridized carbons (Fsp3) is 0.727. The largest absolute Gasteiger partial charge is 0.498 e. The lowest BCUT2D eigenvalue weighted by Gasteiger charge is -2.32. The highest BCUT2D eigenvalue weighted by Crippen LogP contribution is 2.37. The van der Waals surface area contributed by atoms with Crippen molar-refractivity contribution in [1.29, 1.82) is 0 Å². The molecule has 0 atom stereocenters. The van der Waals surface area contributed by atoms with Gasteiger partial charge >= 0.3 is 14.2 Å². The first-order valence-corrected chi connectivity index (χ1v) is 11.5. The SMILES string of the molecule is CC1(C)OB(c2cn[nH]c2)OC1(C)C.COCCCn1cc(B2OC(C)(C)C(C)(C)O2)cn1. The van der Waals surface area contributed by atoms with Gasteiger partial charge in [-0.15, -0.1) is 0 Å². The van der Waals surface area contributed by atoms with Crippen molar-refractivity contribution in [3.63, 3.8) is 0 Å². The fourth-order valence-electron chi connectivity index (χ4n) is 3.34. The van der Waals surface area contributed by atoms with Gasteiger partial charge in [0.05, 0.1) is 22.4 Å². The Morgan fingerprint density at radius 3 is 1.82 bits per heavy atom. The van der Waals surface area contributed by atoms with Gasteiger partial charge < -0.3 is 23.4 Å². The van der Waals surface area contributed by atoms with Crippen LogP contribution >= 0.6 is 0 Å². The van der Waals surface area contributed by atoms with Crippen molar-refractivity contribution in [3.05, 3.63) is 24.8 Å². The molecule has 182 valence electrons. The highest BCUT2D eigenvalue weighted by Gasteiger charge is 2.53. The summed E-state index contributed by atoms with van der Waals surface area (Å²) in [7, 11) is 1.07. The highest BCUT2D eigenvalue weighted by molar-refractivity contribution is 6.62. The van der Waals surface area contributed by atoms with E-state index in [1.54, 1.807) is 19.5 Å². The third kappa shape index (κ3) is 5.71. The second kappa shape index (κ2) is 9.54. The Balaban J connectivity index is 0.000000194. The number of hydrogen-bond acceptors (Lipinski definition) is 7. The van der Waals surface area contributed by atoms with E-state index in [9.17, 15) is 0 Å². The standard InChI is InChI=1S/C13H23BN2O3.C9H15BN2O2/c1-12(2)13(3,4)19-14(18-12)11-9-15-16(10-11)7-6-8-17-5;1-8(2)9(3,4)14-10(13-8)7-5-11-12-6-7/h9-10H,6-8H2,1-5H3;5-6H,1-4H3,(H,11,12). The molecule has 2 saturated heterocycles. The first-order chi connectivity index (χ1) is 15.3. The van der Waals surface area contributed by atoms with Crippen LogP contribution < -0.4 is 10.9 Å². The molecule has 1 N–H and O–H groups in total. The maximum absolute atomic E-state index is 5.99. The van der Waals surface area contributed by atoms with Crippen LogP contribution in [0.4, 0.5) is 0 Å². The van der Waals surface area contributed by atoms with Crippen LogP contribution in [0.2, 0.25) is 0 Å². The Bertz CT molecular complexity index is 866. The minimum atomic E-state index is -0.332. The zero-order valence-corrected chi connectivity index (χ0v) is 21.5. The van der Waals surface area contributed by atoms with Crippen molar-refractivity contribution in [3.8, 4) is 0 Å². The lowest BCUT2D eigenvalue weighted by molar-refractivity contribution is 0.00578. The van der Waals surface area contributed by atoms with Gasteiger partial charge in [0.25, 0.3) is 0 Å². The van der Waals surface area contributed by atoms with Crippen LogP contribution in [-0.2, 0) is 29.9 Å². The van der Waals surface area contributed by atoms with Gasteiger partial charge in [-0.1, -0.05) is 0 Å². The van der Waals surface area contributed by atoms with Crippen LogP contribution in [0.15, 0.2) is 24.8 Å². The molecule has 33 heavy (non-hydrogen) atoms. The van der Waals surface area contributed by atoms with Crippen LogP contribution in [0.3, 0.4) is 0 Å². The molecule has 4 rings (SSSR count). The van der Waals surface area contributed by atoms with E-state index >= 15 is 0 Å². The maximum Gasteiger partial charge on any atom is 0.498 e. The number of aromatic amines is 1. The van der Waals surface area contributed by atoms with E-state index in [1.165, 1.54) is 0 Å². The third-order valence-corrected chi connectivity index (χ3v) is 6.96. The second-order valence-electron chi connectivity index (χ2n) is 10.6. The predicted molar refractivity (Wildman–Crippen MR) is 129 cm³/mol. The maximum atomic E-state index is 5.99. The number of H-pyrrole nitrogens is 1. The van der Waals surface area contributed by atoms with Gasteiger partial charge in [-0.25, -0.2) is 0 Å². The van der Waals surface area contributed by atoms with Crippen LogP contribution in [0.1, 0.15) is 61.8 Å². The van der Waals surface area contributed by atoms with Gasteiger partial charge in [0.15, 0.2) is 0 Å². The molecule has 0 amide bonds. The molecular formula is C22H38B2N4O5. The van der Waals surface area contributed by atoms with Crippen molar-refractivity contribution in [2.75, 3.05) is 13.7 Å². The summed E-state index contributed by atoms with van der Waals surface area (Å²) < 4.78 is 30.6. The first kappa shape index (κ1) is 26.0. The minimum absolute atomic E-state index is 0.283. The lowest BCUT2D eigenvalue weighted by atomic mass is 9.82. The highest BCUT2D eigenvalue weighted by atomic mass is 16.7. The summed E-state index contributed by atoms with van der Waals surface area (Å²) in [5.74, 6) is 0. The third-order valence-electron chi connectivity index (χ3n) is 6.96. The number of rotatable bonds is 6. The normalized spacial score (nSPS) is 22.3. The number of nitrogens with zero attached hydrogens (tertiary/aromatic N) is 3. The lowest BCUT2D eigenvalue weighted by Crippen LogP contribution is -2.41. The van der Waals surface area contributed by atoms with Crippen LogP contribution in [0.5, 0.6) is 0 Å². The van der Waals surface area contributed by atoms with Gasteiger partial charge in [-0.05, 0) is 61.8 Å². The Kier molecular flexibility index (Phi) is 7.51. The molecule has 0 spiro atoms.